The van der Waals surface area contributed by atoms with E-state index in [-0.39, 0.29) is 5.91 Å². The van der Waals surface area contributed by atoms with Crippen LogP contribution in [0.3, 0.4) is 0 Å². The third kappa shape index (κ3) is 4.46. The van der Waals surface area contributed by atoms with Gasteiger partial charge in [0.1, 0.15) is 5.69 Å². The molecule has 1 aliphatic heterocycles. The Kier molecular flexibility index (Phi) is 6.87. The molecule has 0 N–H and O–H groups in total. The maximum absolute atomic E-state index is 12.8. The number of anilines is 1. The Morgan fingerprint density at radius 2 is 2.00 bits per heavy atom. The Labute approximate surface area is 140 Å². The van der Waals surface area contributed by atoms with Gasteiger partial charge in [0.2, 0.25) is 0 Å². The summed E-state index contributed by atoms with van der Waals surface area (Å²) in [5, 5.41) is 0. The summed E-state index contributed by atoms with van der Waals surface area (Å²) in [5.41, 5.74) is 1.74. The molecule has 128 valence electrons. The summed E-state index contributed by atoms with van der Waals surface area (Å²) in [6, 6.07) is 4.64. The first kappa shape index (κ1) is 17.8. The van der Waals surface area contributed by atoms with E-state index in [1.165, 1.54) is 19.3 Å². The van der Waals surface area contributed by atoms with E-state index in [4.69, 9.17) is 0 Å². The van der Waals surface area contributed by atoms with Crippen LogP contribution in [0.25, 0.3) is 0 Å². The Morgan fingerprint density at radius 3 is 2.65 bits per heavy atom. The molecule has 1 unspecified atom stereocenters. The molecule has 1 aromatic rings. The van der Waals surface area contributed by atoms with Crippen molar-refractivity contribution in [3.05, 3.63) is 24.0 Å². The molecule has 1 atom stereocenters. The van der Waals surface area contributed by atoms with Crippen molar-refractivity contribution in [3.63, 3.8) is 0 Å². The van der Waals surface area contributed by atoms with Crippen molar-refractivity contribution in [2.75, 3.05) is 24.5 Å². The van der Waals surface area contributed by atoms with E-state index in [1.807, 2.05) is 11.0 Å². The molecule has 0 saturated carbocycles. The van der Waals surface area contributed by atoms with Crippen LogP contribution in [-0.2, 0) is 0 Å². The number of carbonyl (C=O) groups excluding carboxylic acids is 1. The van der Waals surface area contributed by atoms with Gasteiger partial charge in [-0.25, -0.2) is 0 Å². The molecule has 0 spiro atoms. The second-order valence-electron chi connectivity index (χ2n) is 6.44. The molecular weight excluding hydrogens is 286 g/mol. The first-order valence-corrected chi connectivity index (χ1v) is 9.23. The summed E-state index contributed by atoms with van der Waals surface area (Å²) in [5.74, 6) is 0.0700. The first-order valence-electron chi connectivity index (χ1n) is 9.23. The molecule has 4 nitrogen and oxygen atoms in total. The molecule has 1 amide bonds. The summed E-state index contributed by atoms with van der Waals surface area (Å²) in [6.45, 7) is 9.17. The summed E-state index contributed by atoms with van der Waals surface area (Å²) < 4.78 is 0. The van der Waals surface area contributed by atoms with Gasteiger partial charge in [-0.1, -0.05) is 20.8 Å². The molecule has 23 heavy (non-hydrogen) atoms. The highest BCUT2D eigenvalue weighted by molar-refractivity contribution is 5.93. The van der Waals surface area contributed by atoms with Gasteiger partial charge in [0.25, 0.3) is 5.91 Å². The first-order chi connectivity index (χ1) is 11.2. The zero-order valence-corrected chi connectivity index (χ0v) is 14.9. The molecule has 4 heteroatoms. The molecule has 2 rings (SSSR count). The highest BCUT2D eigenvalue weighted by Gasteiger charge is 2.23. The van der Waals surface area contributed by atoms with Crippen molar-refractivity contribution >= 4 is 11.6 Å². The van der Waals surface area contributed by atoms with Crippen molar-refractivity contribution in [1.82, 2.24) is 9.88 Å². The van der Waals surface area contributed by atoms with E-state index in [9.17, 15) is 4.79 Å². The highest BCUT2D eigenvalue weighted by atomic mass is 16.2. The molecule has 1 aromatic heterocycles. The van der Waals surface area contributed by atoms with E-state index in [0.29, 0.717) is 11.7 Å². The smallest absolute Gasteiger partial charge is 0.272 e. The van der Waals surface area contributed by atoms with Crippen LogP contribution in [0.4, 0.5) is 5.69 Å². The summed E-state index contributed by atoms with van der Waals surface area (Å²) in [6.07, 6.45) is 8.71. The van der Waals surface area contributed by atoms with Crippen molar-refractivity contribution in [1.29, 1.82) is 0 Å². The second-order valence-corrected chi connectivity index (χ2v) is 6.44. The lowest BCUT2D eigenvalue weighted by molar-refractivity contribution is 0.0749. The van der Waals surface area contributed by atoms with Crippen molar-refractivity contribution in [2.45, 2.75) is 65.3 Å². The number of rotatable bonds is 7. The van der Waals surface area contributed by atoms with Crippen molar-refractivity contribution < 1.29 is 4.79 Å². The van der Waals surface area contributed by atoms with E-state index in [1.54, 1.807) is 6.20 Å². The zero-order valence-electron chi connectivity index (χ0n) is 14.9. The standard InChI is InChI=1S/C19H31N3O/c1-4-12-21(13-5-2)19(23)18-15-17(10-11-20-18)22-14-8-7-9-16(22)6-3/h10-11,15-16H,4-9,12-14H2,1-3H3. The minimum Gasteiger partial charge on any atom is -0.368 e. The predicted molar refractivity (Wildman–Crippen MR) is 96.0 cm³/mol. The van der Waals surface area contributed by atoms with Crippen LogP contribution < -0.4 is 4.90 Å². The van der Waals surface area contributed by atoms with Crippen LogP contribution in [0.15, 0.2) is 18.3 Å². The molecule has 0 radical (unpaired) electrons. The highest BCUT2D eigenvalue weighted by Crippen LogP contribution is 2.26. The lowest BCUT2D eigenvalue weighted by Crippen LogP contribution is -2.39. The fourth-order valence-corrected chi connectivity index (χ4v) is 3.50. The number of hydrogen-bond donors (Lipinski definition) is 0. The topological polar surface area (TPSA) is 36.4 Å². The molecule has 0 aromatic carbocycles. The molecule has 1 aliphatic rings. The number of nitrogens with zero attached hydrogens (tertiary/aromatic N) is 3. The Hall–Kier alpha value is -1.58. The van der Waals surface area contributed by atoms with E-state index in [2.05, 4.69) is 36.7 Å². The summed E-state index contributed by atoms with van der Waals surface area (Å²) >= 11 is 0. The number of carbonyl (C=O) groups is 1. The Balaban J connectivity index is 2.19. The Morgan fingerprint density at radius 1 is 1.26 bits per heavy atom. The van der Waals surface area contributed by atoms with Crippen LogP contribution in [0.5, 0.6) is 0 Å². The number of pyridine rings is 1. The van der Waals surface area contributed by atoms with Crippen LogP contribution >= 0.6 is 0 Å². The monoisotopic (exact) mass is 317 g/mol. The van der Waals surface area contributed by atoms with Gasteiger partial charge in [0.05, 0.1) is 0 Å². The van der Waals surface area contributed by atoms with Gasteiger partial charge in [-0.15, -0.1) is 0 Å². The molecule has 1 fully saturated rings. The third-order valence-corrected chi connectivity index (χ3v) is 4.67. The van der Waals surface area contributed by atoms with Gasteiger partial charge >= 0.3 is 0 Å². The van der Waals surface area contributed by atoms with Crippen LogP contribution in [0.1, 0.15) is 69.8 Å². The van der Waals surface area contributed by atoms with E-state index < -0.39 is 0 Å². The fourth-order valence-electron chi connectivity index (χ4n) is 3.50. The molecule has 2 heterocycles. The normalized spacial score (nSPS) is 18.0. The van der Waals surface area contributed by atoms with Gasteiger partial charge in [-0.2, -0.15) is 0 Å². The fraction of sp³-hybridized carbons (Fsp3) is 0.684. The summed E-state index contributed by atoms with van der Waals surface area (Å²) in [7, 11) is 0. The lowest BCUT2D eigenvalue weighted by Gasteiger charge is -2.37. The molecule has 1 saturated heterocycles. The van der Waals surface area contributed by atoms with E-state index >= 15 is 0 Å². The maximum Gasteiger partial charge on any atom is 0.272 e. The number of piperidine rings is 1. The average molecular weight is 317 g/mol. The van der Waals surface area contributed by atoms with Crippen molar-refractivity contribution in [2.24, 2.45) is 0 Å². The zero-order chi connectivity index (χ0) is 16.7. The van der Waals surface area contributed by atoms with Crippen LogP contribution in [0, 0.1) is 0 Å². The number of hydrogen-bond acceptors (Lipinski definition) is 3. The van der Waals surface area contributed by atoms with Gasteiger partial charge in [-0.3, -0.25) is 9.78 Å². The molecule has 0 bridgehead atoms. The van der Waals surface area contributed by atoms with Gasteiger partial charge in [-0.05, 0) is 50.7 Å². The minimum absolute atomic E-state index is 0.0700. The van der Waals surface area contributed by atoms with Crippen molar-refractivity contribution in [3.8, 4) is 0 Å². The van der Waals surface area contributed by atoms with Gasteiger partial charge < -0.3 is 9.80 Å². The largest absolute Gasteiger partial charge is 0.368 e. The van der Waals surface area contributed by atoms with Crippen LogP contribution in [0.2, 0.25) is 0 Å². The SMILES string of the molecule is CCCN(CCC)C(=O)c1cc(N2CCCCC2CC)ccn1. The number of amides is 1. The minimum atomic E-state index is 0.0700. The van der Waals surface area contributed by atoms with Gasteiger partial charge in [0, 0.05) is 37.6 Å². The quantitative estimate of drug-likeness (QED) is 0.759. The second kappa shape index (κ2) is 8.90. The average Bonchev–Trinajstić information content (AvgIpc) is 2.61. The summed E-state index contributed by atoms with van der Waals surface area (Å²) in [4.78, 5) is 21.5. The third-order valence-electron chi connectivity index (χ3n) is 4.67. The molecule has 0 aliphatic carbocycles. The maximum atomic E-state index is 12.8. The lowest BCUT2D eigenvalue weighted by atomic mass is 9.99. The number of aromatic nitrogens is 1. The van der Waals surface area contributed by atoms with Gasteiger partial charge in [0.15, 0.2) is 0 Å². The van der Waals surface area contributed by atoms with E-state index in [0.717, 1.165) is 44.6 Å². The molecular formula is C19H31N3O. The predicted octanol–water partition coefficient (Wildman–Crippen LogP) is 4.11. The Bertz CT molecular complexity index is 497. The van der Waals surface area contributed by atoms with Crippen LogP contribution in [-0.4, -0.2) is 41.5 Å².